The summed E-state index contributed by atoms with van der Waals surface area (Å²) in [5, 5.41) is -0.427. The number of amides is 1. The number of halogens is 3. The number of hydrogen-bond donors (Lipinski definition) is 0. The minimum absolute atomic E-state index is 0.0340. The van der Waals surface area contributed by atoms with Gasteiger partial charge in [-0.05, 0) is 36.6 Å². The number of carbonyl (C=O) groups excluding carboxylic acids is 1. The Kier molecular flexibility index (Phi) is 7.10. The van der Waals surface area contributed by atoms with Crippen LogP contribution in [0.25, 0.3) is 27.7 Å². The number of nitrogens with zero attached hydrogens (tertiary/aromatic N) is 5. The molecule has 6 rings (SSSR count). The molecular weight excluding hydrogens is 595 g/mol. The number of benzene rings is 2. The van der Waals surface area contributed by atoms with Gasteiger partial charge >= 0.3 is 5.69 Å². The highest BCUT2D eigenvalue weighted by Gasteiger charge is 2.43. The number of piperazine rings is 1. The van der Waals surface area contributed by atoms with Gasteiger partial charge in [-0.2, -0.15) is 4.98 Å². The van der Waals surface area contributed by atoms with Gasteiger partial charge in [0.25, 0.3) is 0 Å². The summed E-state index contributed by atoms with van der Waals surface area (Å²) in [6.07, 6.45) is 2.63. The van der Waals surface area contributed by atoms with Gasteiger partial charge in [0.05, 0.1) is 39.6 Å². The van der Waals surface area contributed by atoms with Gasteiger partial charge in [0.15, 0.2) is 21.5 Å². The Balaban J connectivity index is 1.82. The van der Waals surface area contributed by atoms with Crippen molar-refractivity contribution in [2.75, 3.05) is 30.3 Å². The van der Waals surface area contributed by atoms with Crippen LogP contribution in [-0.2, 0) is 14.6 Å². The monoisotopic (exact) mass is 623 g/mol. The summed E-state index contributed by atoms with van der Waals surface area (Å²) < 4.78 is 78.0. The molecule has 0 radical (unpaired) electrons. The number of fused-ring (bicyclic) bond motifs is 2. The molecule has 1 atom stereocenters. The Labute approximate surface area is 251 Å². The van der Waals surface area contributed by atoms with E-state index < -0.39 is 77.6 Å². The molecule has 0 bridgehead atoms. The van der Waals surface area contributed by atoms with Crippen LogP contribution in [0.4, 0.5) is 19.0 Å². The summed E-state index contributed by atoms with van der Waals surface area (Å²) >= 11 is 0. The molecular formula is C31H28F3N5O4S. The molecule has 228 valence electrons. The topological polar surface area (TPSA) is 105 Å². The largest absolute Gasteiger partial charge is 0.354 e. The molecule has 0 spiro atoms. The third-order valence-corrected chi connectivity index (χ3v) is 10.0. The smallest absolute Gasteiger partial charge is 0.348 e. The Morgan fingerprint density at radius 1 is 1.11 bits per heavy atom. The van der Waals surface area contributed by atoms with Crippen LogP contribution >= 0.6 is 0 Å². The third kappa shape index (κ3) is 4.40. The van der Waals surface area contributed by atoms with Crippen molar-refractivity contribution in [1.82, 2.24) is 19.4 Å². The highest BCUT2D eigenvalue weighted by Crippen LogP contribution is 2.44. The maximum Gasteiger partial charge on any atom is 0.354 e. The van der Waals surface area contributed by atoms with Crippen molar-refractivity contribution in [2.45, 2.75) is 37.6 Å². The molecule has 0 N–H and O–H groups in total. The Bertz CT molecular complexity index is 2060. The summed E-state index contributed by atoms with van der Waals surface area (Å²) in [6.45, 7) is 8.87. The molecule has 1 saturated heterocycles. The molecule has 4 aromatic rings. The molecule has 0 aliphatic carbocycles. The van der Waals surface area contributed by atoms with Gasteiger partial charge in [0.1, 0.15) is 16.5 Å². The molecule has 9 nitrogen and oxygen atoms in total. The van der Waals surface area contributed by atoms with Gasteiger partial charge in [-0.3, -0.25) is 14.3 Å². The van der Waals surface area contributed by atoms with E-state index in [4.69, 9.17) is 0 Å². The second-order valence-electron chi connectivity index (χ2n) is 11.2. The molecule has 1 unspecified atom stereocenters. The zero-order valence-corrected chi connectivity index (χ0v) is 25.0. The van der Waals surface area contributed by atoms with E-state index in [1.807, 2.05) is 13.8 Å². The van der Waals surface area contributed by atoms with Gasteiger partial charge in [-0.25, -0.2) is 26.4 Å². The van der Waals surface area contributed by atoms with Crippen molar-refractivity contribution >= 4 is 32.5 Å². The van der Waals surface area contributed by atoms with E-state index in [9.17, 15) is 18.0 Å². The van der Waals surface area contributed by atoms with Gasteiger partial charge in [-0.1, -0.05) is 38.6 Å². The highest BCUT2D eigenvalue weighted by atomic mass is 32.2. The number of sulfone groups is 1. The first-order valence-corrected chi connectivity index (χ1v) is 15.6. The lowest BCUT2D eigenvalue weighted by Gasteiger charge is -2.41. The number of pyridine rings is 1. The summed E-state index contributed by atoms with van der Waals surface area (Å²) in [5.74, 6) is -5.38. The number of aromatic nitrogens is 3. The first-order chi connectivity index (χ1) is 20.9. The van der Waals surface area contributed by atoms with Crippen LogP contribution in [0.3, 0.4) is 0 Å². The number of carbonyl (C=O) groups is 1. The fourth-order valence-corrected chi connectivity index (χ4v) is 8.03. The lowest BCUT2D eigenvalue weighted by atomic mass is 9.99. The van der Waals surface area contributed by atoms with E-state index in [0.29, 0.717) is 11.3 Å². The molecule has 4 heterocycles. The first-order valence-electron chi connectivity index (χ1n) is 14.0. The maximum atomic E-state index is 17.0. The zero-order chi connectivity index (χ0) is 31.7. The molecule has 2 aromatic carbocycles. The Morgan fingerprint density at radius 2 is 1.84 bits per heavy atom. The minimum Gasteiger partial charge on any atom is -0.348 e. The van der Waals surface area contributed by atoms with Crippen LogP contribution in [0, 0.1) is 24.4 Å². The fourth-order valence-electron chi connectivity index (χ4n) is 6.20. The average molecular weight is 624 g/mol. The van der Waals surface area contributed by atoms with Crippen molar-refractivity contribution in [3.8, 4) is 16.8 Å². The lowest BCUT2D eigenvalue weighted by molar-refractivity contribution is -0.126. The van der Waals surface area contributed by atoms with Crippen molar-refractivity contribution < 1.29 is 26.4 Å². The fraction of sp³-hybridized carbons (Fsp3) is 0.290. The van der Waals surface area contributed by atoms with Crippen LogP contribution in [0.2, 0.25) is 0 Å². The third-order valence-electron chi connectivity index (χ3n) is 8.18. The quantitative estimate of drug-likeness (QED) is 0.247. The van der Waals surface area contributed by atoms with Gasteiger partial charge in [0, 0.05) is 31.4 Å². The van der Waals surface area contributed by atoms with Crippen molar-refractivity contribution in [1.29, 1.82) is 0 Å². The van der Waals surface area contributed by atoms with E-state index in [2.05, 4.69) is 16.5 Å². The molecule has 2 aromatic heterocycles. The normalized spacial score (nSPS) is 17.5. The lowest BCUT2D eigenvalue weighted by Crippen LogP contribution is -2.57. The summed E-state index contributed by atoms with van der Waals surface area (Å²) in [4.78, 5) is 37.2. The van der Waals surface area contributed by atoms with Crippen LogP contribution < -0.4 is 10.6 Å². The van der Waals surface area contributed by atoms with Crippen molar-refractivity contribution in [3.05, 3.63) is 88.4 Å². The predicted molar refractivity (Wildman–Crippen MR) is 159 cm³/mol. The molecule has 2 aliphatic rings. The molecule has 44 heavy (non-hydrogen) atoms. The molecule has 2 aliphatic heterocycles. The standard InChI is InChI=1S/C31H28F3N5O4S/c1-5-21(40)37-12-13-38-18(14-37)15-44(42,43)29-23-28(24(33)22(25(29)34)19-8-6-7-9-20(19)32)39(31(41)36-30(23)38)27-17(4)10-11-35-26(27)16(2)3/h5-11,16,18H,1,12-15H2,2-4H3. The van der Waals surface area contributed by atoms with Crippen LogP contribution in [-0.4, -0.2) is 65.2 Å². The number of anilines is 1. The number of hydrogen-bond acceptors (Lipinski definition) is 7. The maximum absolute atomic E-state index is 17.0. The summed E-state index contributed by atoms with van der Waals surface area (Å²) in [5.41, 5.74) is -1.87. The van der Waals surface area contributed by atoms with E-state index in [0.717, 1.165) is 22.8 Å². The molecule has 13 heteroatoms. The van der Waals surface area contributed by atoms with Crippen molar-refractivity contribution in [3.63, 3.8) is 0 Å². The predicted octanol–water partition coefficient (Wildman–Crippen LogP) is 4.29. The zero-order valence-electron chi connectivity index (χ0n) is 24.1. The van der Waals surface area contributed by atoms with E-state index >= 15 is 13.2 Å². The second kappa shape index (κ2) is 10.6. The van der Waals surface area contributed by atoms with E-state index in [-0.39, 0.29) is 37.1 Å². The van der Waals surface area contributed by atoms with Gasteiger partial charge in [0.2, 0.25) is 5.91 Å². The Hall–Kier alpha value is -4.52. The SMILES string of the molecule is C=CC(=O)N1CCN2c3nc(=O)n(-c4c(C)ccnc4C(C)C)c4c(F)c(-c5ccccc5F)c(F)c(c34)S(=O)(=O)CC2C1. The summed E-state index contributed by atoms with van der Waals surface area (Å²) in [7, 11) is -4.59. The molecule has 0 saturated carbocycles. The molecule has 1 fully saturated rings. The van der Waals surface area contributed by atoms with E-state index in [1.54, 1.807) is 13.0 Å². The van der Waals surface area contributed by atoms with Crippen LogP contribution in [0.5, 0.6) is 0 Å². The summed E-state index contributed by atoms with van der Waals surface area (Å²) in [6, 6.07) is 5.51. The van der Waals surface area contributed by atoms with Gasteiger partial charge in [-0.15, -0.1) is 0 Å². The highest BCUT2D eigenvalue weighted by molar-refractivity contribution is 7.91. The Morgan fingerprint density at radius 3 is 2.52 bits per heavy atom. The van der Waals surface area contributed by atoms with E-state index in [1.165, 1.54) is 28.1 Å². The minimum atomic E-state index is -4.59. The second-order valence-corrected chi connectivity index (χ2v) is 13.2. The number of aryl methyl sites for hydroxylation is 1. The first kappa shape index (κ1) is 29.5. The van der Waals surface area contributed by atoms with Crippen molar-refractivity contribution in [2.24, 2.45) is 0 Å². The van der Waals surface area contributed by atoms with Crippen LogP contribution in [0.1, 0.15) is 31.0 Å². The van der Waals surface area contributed by atoms with Crippen LogP contribution in [0.15, 0.2) is 58.9 Å². The number of rotatable bonds is 4. The molecule has 1 amide bonds. The van der Waals surface area contributed by atoms with Gasteiger partial charge < -0.3 is 9.80 Å². The average Bonchev–Trinajstić information content (AvgIpc) is 3.07.